The third-order valence-corrected chi connectivity index (χ3v) is 5.26. The van der Waals surface area contributed by atoms with Gasteiger partial charge in [-0.3, -0.25) is 19.7 Å². The van der Waals surface area contributed by atoms with Crippen LogP contribution in [0.2, 0.25) is 5.02 Å². The summed E-state index contributed by atoms with van der Waals surface area (Å²) in [7, 11) is 0. The smallest absolute Gasteiger partial charge is 0.270 e. The van der Waals surface area contributed by atoms with Crippen molar-refractivity contribution in [2.24, 2.45) is 5.92 Å². The van der Waals surface area contributed by atoms with E-state index in [4.69, 9.17) is 11.6 Å². The minimum atomic E-state index is -0.546. The van der Waals surface area contributed by atoms with Crippen LogP contribution < -0.4 is 0 Å². The molecule has 7 nitrogen and oxygen atoms in total. The highest BCUT2D eigenvalue weighted by molar-refractivity contribution is 6.34. The van der Waals surface area contributed by atoms with Crippen LogP contribution >= 0.6 is 11.6 Å². The largest absolute Gasteiger partial charge is 0.342 e. The van der Waals surface area contributed by atoms with Gasteiger partial charge in [0, 0.05) is 44.2 Å². The number of carbonyl (C=O) groups is 2. The van der Waals surface area contributed by atoms with Crippen LogP contribution in [0.5, 0.6) is 0 Å². The number of hydrogen-bond acceptors (Lipinski definition) is 4. The van der Waals surface area contributed by atoms with Crippen molar-refractivity contribution in [1.29, 1.82) is 0 Å². The molecule has 1 aromatic carbocycles. The summed E-state index contributed by atoms with van der Waals surface area (Å²) >= 11 is 6.04. The van der Waals surface area contributed by atoms with E-state index in [0.29, 0.717) is 25.9 Å². The molecule has 2 aliphatic heterocycles. The number of amides is 2. The monoisotopic (exact) mass is 365 g/mol. The lowest BCUT2D eigenvalue weighted by atomic mass is 9.95. The van der Waals surface area contributed by atoms with Crippen LogP contribution in [0.25, 0.3) is 0 Å². The predicted molar refractivity (Wildman–Crippen MR) is 92.5 cm³/mol. The first kappa shape index (κ1) is 17.7. The average Bonchev–Trinajstić information content (AvgIpc) is 3.15. The van der Waals surface area contributed by atoms with Gasteiger partial charge in [-0.15, -0.1) is 0 Å². The molecule has 2 fully saturated rings. The van der Waals surface area contributed by atoms with E-state index in [1.165, 1.54) is 18.2 Å². The zero-order chi connectivity index (χ0) is 18.0. The van der Waals surface area contributed by atoms with Crippen molar-refractivity contribution in [3.8, 4) is 0 Å². The van der Waals surface area contributed by atoms with Crippen LogP contribution in [0.1, 0.15) is 36.0 Å². The van der Waals surface area contributed by atoms with Gasteiger partial charge in [-0.25, -0.2) is 0 Å². The molecule has 2 heterocycles. The summed E-state index contributed by atoms with van der Waals surface area (Å²) < 4.78 is 0. The van der Waals surface area contributed by atoms with Crippen LogP contribution in [-0.2, 0) is 4.79 Å². The molecule has 2 amide bonds. The van der Waals surface area contributed by atoms with Gasteiger partial charge in [0.15, 0.2) is 0 Å². The summed E-state index contributed by atoms with van der Waals surface area (Å²) in [4.78, 5) is 38.9. The number of nitro groups is 1. The second-order valence-electron chi connectivity index (χ2n) is 6.52. The fourth-order valence-corrected chi connectivity index (χ4v) is 3.74. The minimum Gasteiger partial charge on any atom is -0.342 e. The Morgan fingerprint density at radius 3 is 2.28 bits per heavy atom. The van der Waals surface area contributed by atoms with Crippen LogP contribution in [0.4, 0.5) is 5.69 Å². The summed E-state index contributed by atoms with van der Waals surface area (Å²) in [5, 5.41) is 10.8. The standard InChI is InChI=1S/C17H20ClN3O4/c18-15-11-13(21(24)25)3-4-14(15)17(23)20-9-5-12(6-10-20)16(22)19-7-1-2-8-19/h3-4,11-12H,1-2,5-10H2. The first-order valence-electron chi connectivity index (χ1n) is 8.49. The molecule has 0 unspecified atom stereocenters. The van der Waals surface area contributed by atoms with Crippen LogP contribution in [0, 0.1) is 16.0 Å². The summed E-state index contributed by atoms with van der Waals surface area (Å²) in [6, 6.07) is 3.87. The maximum atomic E-state index is 12.6. The molecule has 0 bridgehead atoms. The van der Waals surface area contributed by atoms with Gasteiger partial charge < -0.3 is 9.80 Å². The van der Waals surface area contributed by atoms with Crippen molar-refractivity contribution in [3.63, 3.8) is 0 Å². The second kappa shape index (κ2) is 7.39. The molecule has 0 aromatic heterocycles. The van der Waals surface area contributed by atoms with Crippen LogP contribution in [0.3, 0.4) is 0 Å². The normalized spacial score (nSPS) is 18.4. The highest BCUT2D eigenvalue weighted by Crippen LogP contribution is 2.27. The summed E-state index contributed by atoms with van der Waals surface area (Å²) in [5.74, 6) is -0.0561. The van der Waals surface area contributed by atoms with Crippen LogP contribution in [0.15, 0.2) is 18.2 Å². The number of non-ortho nitro benzene ring substituents is 1. The third kappa shape index (κ3) is 3.76. The molecule has 134 valence electrons. The van der Waals surface area contributed by atoms with Gasteiger partial charge >= 0.3 is 0 Å². The molecule has 0 N–H and O–H groups in total. The van der Waals surface area contributed by atoms with E-state index in [-0.39, 0.29) is 34.0 Å². The quantitative estimate of drug-likeness (QED) is 0.609. The molecule has 0 aliphatic carbocycles. The molecular weight excluding hydrogens is 346 g/mol. The van der Waals surface area contributed by atoms with Gasteiger partial charge in [0.25, 0.3) is 11.6 Å². The van der Waals surface area contributed by atoms with Gasteiger partial charge in [0.05, 0.1) is 15.5 Å². The molecule has 0 saturated carbocycles. The maximum Gasteiger partial charge on any atom is 0.270 e. The Bertz CT molecular complexity index is 695. The van der Waals surface area contributed by atoms with Crippen molar-refractivity contribution in [1.82, 2.24) is 9.80 Å². The van der Waals surface area contributed by atoms with Gasteiger partial charge in [-0.05, 0) is 31.7 Å². The number of piperidine rings is 1. The summed E-state index contributed by atoms with van der Waals surface area (Å²) in [6.07, 6.45) is 3.43. The van der Waals surface area contributed by atoms with Crippen molar-refractivity contribution in [2.75, 3.05) is 26.2 Å². The van der Waals surface area contributed by atoms with E-state index < -0.39 is 4.92 Å². The third-order valence-electron chi connectivity index (χ3n) is 4.94. The number of hydrogen-bond donors (Lipinski definition) is 0. The molecule has 2 aliphatic rings. The van der Waals surface area contributed by atoms with Crippen molar-refractivity contribution < 1.29 is 14.5 Å². The fourth-order valence-electron chi connectivity index (χ4n) is 3.49. The molecule has 8 heteroatoms. The number of rotatable bonds is 3. The van der Waals surface area contributed by atoms with Crippen molar-refractivity contribution in [3.05, 3.63) is 38.9 Å². The van der Waals surface area contributed by atoms with E-state index in [2.05, 4.69) is 0 Å². The first-order chi connectivity index (χ1) is 12.0. The Morgan fingerprint density at radius 2 is 1.72 bits per heavy atom. The van der Waals surface area contributed by atoms with E-state index in [0.717, 1.165) is 25.9 Å². The Labute approximate surface area is 150 Å². The van der Waals surface area contributed by atoms with Crippen molar-refractivity contribution in [2.45, 2.75) is 25.7 Å². The Morgan fingerprint density at radius 1 is 1.08 bits per heavy atom. The molecular formula is C17H20ClN3O4. The Kier molecular flexibility index (Phi) is 5.22. The maximum absolute atomic E-state index is 12.6. The highest BCUT2D eigenvalue weighted by atomic mass is 35.5. The first-order valence-corrected chi connectivity index (χ1v) is 8.87. The van der Waals surface area contributed by atoms with Crippen molar-refractivity contribution >= 4 is 29.1 Å². The topological polar surface area (TPSA) is 83.8 Å². The number of nitrogens with zero attached hydrogens (tertiary/aromatic N) is 3. The van der Waals surface area contributed by atoms with Gasteiger partial charge in [-0.1, -0.05) is 11.6 Å². The molecule has 1 aromatic rings. The van der Waals surface area contributed by atoms with Gasteiger partial charge in [0.1, 0.15) is 0 Å². The molecule has 0 spiro atoms. The van der Waals surface area contributed by atoms with E-state index in [1.807, 2.05) is 4.90 Å². The number of nitro benzene ring substituents is 1. The van der Waals surface area contributed by atoms with Gasteiger partial charge in [0.2, 0.25) is 5.91 Å². The lowest BCUT2D eigenvalue weighted by Gasteiger charge is -2.33. The van der Waals surface area contributed by atoms with E-state index >= 15 is 0 Å². The average molecular weight is 366 g/mol. The molecule has 0 radical (unpaired) electrons. The lowest BCUT2D eigenvalue weighted by Crippen LogP contribution is -2.43. The molecule has 25 heavy (non-hydrogen) atoms. The predicted octanol–water partition coefficient (Wildman–Crippen LogP) is 2.72. The number of likely N-dealkylation sites (tertiary alicyclic amines) is 2. The minimum absolute atomic E-state index is 0.0190. The molecule has 2 saturated heterocycles. The number of halogens is 1. The summed E-state index contributed by atoms with van der Waals surface area (Å²) in [6.45, 7) is 2.68. The highest BCUT2D eigenvalue weighted by Gasteiger charge is 2.32. The Hall–Kier alpha value is -2.15. The fraction of sp³-hybridized carbons (Fsp3) is 0.529. The molecule has 3 rings (SSSR count). The SMILES string of the molecule is O=C(c1ccc([N+](=O)[O-])cc1Cl)N1CCC(C(=O)N2CCCC2)CC1. The van der Waals surface area contributed by atoms with E-state index in [1.54, 1.807) is 4.90 Å². The zero-order valence-corrected chi connectivity index (χ0v) is 14.6. The zero-order valence-electron chi connectivity index (χ0n) is 13.8. The lowest BCUT2D eigenvalue weighted by molar-refractivity contribution is -0.384. The number of benzene rings is 1. The summed E-state index contributed by atoms with van der Waals surface area (Å²) in [5.41, 5.74) is 0.119. The Balaban J connectivity index is 1.61. The number of carbonyl (C=O) groups excluding carboxylic acids is 2. The molecule has 0 atom stereocenters. The van der Waals surface area contributed by atoms with Crippen LogP contribution in [-0.4, -0.2) is 52.7 Å². The second-order valence-corrected chi connectivity index (χ2v) is 6.93. The van der Waals surface area contributed by atoms with Gasteiger partial charge in [-0.2, -0.15) is 0 Å². The van der Waals surface area contributed by atoms with E-state index in [9.17, 15) is 19.7 Å².